The quantitative estimate of drug-likeness (QED) is 0.695. The Morgan fingerprint density at radius 3 is 2.88 bits per heavy atom. The van der Waals surface area contributed by atoms with Crippen molar-refractivity contribution in [2.45, 2.75) is 24.6 Å². The molecule has 0 spiro atoms. The lowest BCUT2D eigenvalue weighted by molar-refractivity contribution is -0.135. The van der Waals surface area contributed by atoms with Crippen molar-refractivity contribution in [3.63, 3.8) is 0 Å². The third-order valence-electron chi connectivity index (χ3n) is 2.55. The van der Waals surface area contributed by atoms with Crippen LogP contribution in [0.3, 0.4) is 0 Å². The highest BCUT2D eigenvalue weighted by Crippen LogP contribution is 2.26. The van der Waals surface area contributed by atoms with Crippen LogP contribution in [0.5, 0.6) is 0 Å². The van der Waals surface area contributed by atoms with E-state index in [1.807, 2.05) is 0 Å². The van der Waals surface area contributed by atoms with Gasteiger partial charge in [0, 0.05) is 25.1 Å². The van der Waals surface area contributed by atoms with Gasteiger partial charge in [-0.3, -0.25) is 19.2 Å². The molecule has 0 aliphatic carbocycles. The second kappa shape index (κ2) is 4.42. The second-order valence-electron chi connectivity index (χ2n) is 3.77. The van der Waals surface area contributed by atoms with Crippen LogP contribution in [0.1, 0.15) is 13.3 Å². The molecule has 2 unspecified atom stereocenters. The largest absolute Gasteiger partial charge is 0.327 e. The molecule has 16 heavy (non-hydrogen) atoms. The van der Waals surface area contributed by atoms with Crippen molar-refractivity contribution in [1.29, 1.82) is 0 Å². The van der Waals surface area contributed by atoms with Crippen LogP contribution in [-0.4, -0.2) is 46.3 Å². The van der Waals surface area contributed by atoms with Gasteiger partial charge in [-0.2, -0.15) is 0 Å². The summed E-state index contributed by atoms with van der Waals surface area (Å²) < 4.78 is 0. The van der Waals surface area contributed by atoms with Crippen LogP contribution in [-0.2, 0) is 19.2 Å². The maximum absolute atomic E-state index is 11.7. The van der Waals surface area contributed by atoms with Crippen molar-refractivity contribution in [3.8, 4) is 0 Å². The van der Waals surface area contributed by atoms with Gasteiger partial charge in [0.1, 0.15) is 12.6 Å². The van der Waals surface area contributed by atoms with Crippen molar-refractivity contribution >= 4 is 28.7 Å². The first-order chi connectivity index (χ1) is 7.58. The normalized spacial score (nSPS) is 29.7. The molecule has 88 valence electrons. The van der Waals surface area contributed by atoms with E-state index in [4.69, 9.17) is 4.84 Å². The average Bonchev–Trinajstić information content (AvgIpc) is 2.71. The molecule has 0 aromatic rings. The minimum Gasteiger partial charge on any atom is -0.327 e. The molecule has 2 atom stereocenters. The molecule has 0 bridgehead atoms. The predicted molar refractivity (Wildman–Crippen MR) is 56.3 cm³/mol. The maximum atomic E-state index is 11.7. The molecule has 1 N–H and O–H groups in total. The van der Waals surface area contributed by atoms with Crippen LogP contribution >= 0.6 is 11.8 Å². The Morgan fingerprint density at radius 1 is 1.56 bits per heavy atom. The molecule has 2 heterocycles. The van der Waals surface area contributed by atoms with Gasteiger partial charge < -0.3 is 4.90 Å². The molecule has 2 aliphatic rings. The highest BCUT2D eigenvalue weighted by molar-refractivity contribution is 8.14. The number of nitrogens with zero attached hydrogens (tertiary/aromatic N) is 1. The molecule has 6 nitrogen and oxygen atoms in total. The SMILES string of the molecule is CC(=O)SC1CC(=O)N(C2CONC2=O)C1. The number of carbonyl (C=O) groups is 3. The van der Waals surface area contributed by atoms with E-state index in [2.05, 4.69) is 5.48 Å². The molecule has 2 saturated heterocycles. The molecular formula is C9H12N2O4S. The Labute approximate surface area is 96.6 Å². The zero-order chi connectivity index (χ0) is 11.7. The predicted octanol–water partition coefficient (Wildman–Crippen LogP) is -0.703. The standard InChI is InChI=1S/C9H12N2O4S/c1-5(12)16-6-2-8(13)11(3-6)7-4-15-10-9(7)14/h6-7H,2-4H2,1H3,(H,10,14). The number of amides is 2. The van der Waals surface area contributed by atoms with Gasteiger partial charge in [-0.25, -0.2) is 5.48 Å². The van der Waals surface area contributed by atoms with Crippen molar-refractivity contribution in [1.82, 2.24) is 10.4 Å². The summed E-state index contributed by atoms with van der Waals surface area (Å²) in [7, 11) is 0. The van der Waals surface area contributed by atoms with Crippen LogP contribution in [0.15, 0.2) is 0 Å². The lowest BCUT2D eigenvalue weighted by atomic mass is 10.3. The van der Waals surface area contributed by atoms with Gasteiger partial charge >= 0.3 is 0 Å². The van der Waals surface area contributed by atoms with E-state index in [0.29, 0.717) is 13.0 Å². The van der Waals surface area contributed by atoms with E-state index < -0.39 is 6.04 Å². The summed E-state index contributed by atoms with van der Waals surface area (Å²) in [6.45, 7) is 2.09. The van der Waals surface area contributed by atoms with Crippen LogP contribution in [0.25, 0.3) is 0 Å². The van der Waals surface area contributed by atoms with Crippen molar-refractivity contribution in [3.05, 3.63) is 0 Å². The number of likely N-dealkylation sites (tertiary alicyclic amines) is 1. The zero-order valence-electron chi connectivity index (χ0n) is 8.76. The van der Waals surface area contributed by atoms with Crippen LogP contribution < -0.4 is 5.48 Å². The highest BCUT2D eigenvalue weighted by Gasteiger charge is 2.40. The summed E-state index contributed by atoms with van der Waals surface area (Å²) in [5.74, 6) is -0.383. The van der Waals surface area contributed by atoms with Crippen molar-refractivity contribution < 1.29 is 19.2 Å². The fourth-order valence-corrected chi connectivity index (χ4v) is 2.81. The fourth-order valence-electron chi connectivity index (χ4n) is 1.88. The van der Waals surface area contributed by atoms with Crippen LogP contribution in [0.2, 0.25) is 0 Å². The summed E-state index contributed by atoms with van der Waals surface area (Å²) >= 11 is 1.16. The number of thioether (sulfide) groups is 1. The number of hydrogen-bond donors (Lipinski definition) is 1. The van der Waals surface area contributed by atoms with Gasteiger partial charge in [0.25, 0.3) is 5.91 Å². The van der Waals surface area contributed by atoms with Gasteiger partial charge in [-0.15, -0.1) is 0 Å². The molecule has 0 radical (unpaired) electrons. The molecule has 7 heteroatoms. The number of rotatable bonds is 2. The molecule has 2 aliphatic heterocycles. The zero-order valence-corrected chi connectivity index (χ0v) is 9.58. The topological polar surface area (TPSA) is 75.7 Å². The van der Waals surface area contributed by atoms with E-state index in [0.717, 1.165) is 11.8 Å². The minimum atomic E-state index is -0.537. The number of nitrogens with one attached hydrogen (secondary N) is 1. The van der Waals surface area contributed by atoms with Gasteiger partial charge in [-0.05, 0) is 0 Å². The summed E-state index contributed by atoms with van der Waals surface area (Å²) in [6.07, 6.45) is 0.314. The third kappa shape index (κ3) is 2.19. The van der Waals surface area contributed by atoms with E-state index in [9.17, 15) is 14.4 Å². The van der Waals surface area contributed by atoms with E-state index in [1.165, 1.54) is 11.8 Å². The summed E-state index contributed by atoms with van der Waals surface area (Å²) in [5.41, 5.74) is 2.22. The smallest absolute Gasteiger partial charge is 0.268 e. The van der Waals surface area contributed by atoms with Crippen molar-refractivity contribution in [2.24, 2.45) is 0 Å². The fraction of sp³-hybridized carbons (Fsp3) is 0.667. The average molecular weight is 244 g/mol. The first kappa shape index (κ1) is 11.4. The Kier molecular flexibility index (Phi) is 3.15. The van der Waals surface area contributed by atoms with Gasteiger partial charge in [-0.1, -0.05) is 11.8 Å². The Balaban J connectivity index is 1.99. The van der Waals surface area contributed by atoms with Crippen LogP contribution in [0.4, 0.5) is 0 Å². The first-order valence-corrected chi connectivity index (χ1v) is 5.84. The summed E-state index contributed by atoms with van der Waals surface area (Å²) in [5, 5.41) is -0.0508. The molecule has 0 saturated carbocycles. The summed E-state index contributed by atoms with van der Waals surface area (Å²) in [6, 6.07) is -0.537. The van der Waals surface area contributed by atoms with Crippen LogP contribution in [0, 0.1) is 0 Å². The monoisotopic (exact) mass is 244 g/mol. The Morgan fingerprint density at radius 2 is 2.31 bits per heavy atom. The van der Waals surface area contributed by atoms with Gasteiger partial charge in [0.05, 0.1) is 0 Å². The van der Waals surface area contributed by atoms with E-state index in [1.54, 1.807) is 0 Å². The van der Waals surface area contributed by atoms with Crippen molar-refractivity contribution in [2.75, 3.05) is 13.2 Å². The molecular weight excluding hydrogens is 232 g/mol. The van der Waals surface area contributed by atoms with E-state index in [-0.39, 0.29) is 28.8 Å². The number of carbonyl (C=O) groups excluding carboxylic acids is 3. The molecule has 0 aromatic heterocycles. The molecule has 2 fully saturated rings. The lowest BCUT2D eigenvalue weighted by Crippen LogP contribution is -2.43. The Bertz CT molecular complexity index is 346. The Hall–Kier alpha value is -1.08. The van der Waals surface area contributed by atoms with E-state index >= 15 is 0 Å². The van der Waals surface area contributed by atoms with Gasteiger partial charge in [0.15, 0.2) is 5.12 Å². The third-order valence-corrected chi connectivity index (χ3v) is 3.53. The number of hydrogen-bond acceptors (Lipinski definition) is 5. The molecule has 2 rings (SSSR count). The molecule has 0 aromatic carbocycles. The van der Waals surface area contributed by atoms with Gasteiger partial charge in [0.2, 0.25) is 5.91 Å². The number of hydroxylamine groups is 1. The summed E-state index contributed by atoms with van der Waals surface area (Å²) in [4.78, 5) is 40.2. The first-order valence-electron chi connectivity index (χ1n) is 4.96. The lowest BCUT2D eigenvalue weighted by Gasteiger charge is -2.20. The molecule has 2 amide bonds. The maximum Gasteiger partial charge on any atom is 0.268 e. The highest BCUT2D eigenvalue weighted by atomic mass is 32.2. The second-order valence-corrected chi connectivity index (χ2v) is 5.25. The minimum absolute atomic E-state index is 0.00762.